The Kier molecular flexibility index (Phi) is 3.42. The lowest BCUT2D eigenvalue weighted by molar-refractivity contribution is 0.554. The average molecular weight is 146 g/mol. The van der Waals surface area contributed by atoms with Gasteiger partial charge in [-0.3, -0.25) is 0 Å². The minimum atomic E-state index is 1.17. The second kappa shape index (κ2) is 4.16. The molecule has 0 aromatic carbocycles. The summed E-state index contributed by atoms with van der Waals surface area (Å²) < 4.78 is 0. The summed E-state index contributed by atoms with van der Waals surface area (Å²) in [4.78, 5) is 0. The Morgan fingerprint density at radius 3 is 1.78 bits per heavy atom. The molecule has 0 aromatic rings. The first-order chi connectivity index (χ1) is 4.39. The van der Waals surface area contributed by atoms with E-state index < -0.39 is 0 Å². The summed E-state index contributed by atoms with van der Waals surface area (Å²) in [7, 11) is 0. The Balaban J connectivity index is 2.12. The van der Waals surface area contributed by atoms with Gasteiger partial charge in [0.1, 0.15) is 0 Å². The van der Waals surface area contributed by atoms with Crippen molar-refractivity contribution in [2.45, 2.75) is 44.9 Å². The van der Waals surface area contributed by atoms with E-state index in [0.29, 0.717) is 0 Å². The van der Waals surface area contributed by atoms with Gasteiger partial charge in [0.25, 0.3) is 0 Å². The summed E-state index contributed by atoms with van der Waals surface area (Å²) in [5, 5.41) is 1.20. The molecule has 1 aliphatic carbocycles. The highest BCUT2D eigenvalue weighted by Crippen LogP contribution is 2.26. The van der Waals surface area contributed by atoms with Crippen LogP contribution in [0.3, 0.4) is 0 Å². The van der Waals surface area contributed by atoms with Crippen LogP contribution in [0.4, 0.5) is 0 Å². The third kappa shape index (κ3) is 3.10. The Bertz CT molecular complexity index is 63.0. The first kappa shape index (κ1) is 7.40. The molecular formula is C8H14Cl. The summed E-state index contributed by atoms with van der Waals surface area (Å²) in [6.07, 6.45) is 9.16. The molecule has 0 aliphatic heterocycles. The summed E-state index contributed by atoms with van der Waals surface area (Å²) in [6, 6.07) is 0. The van der Waals surface area contributed by atoms with Crippen molar-refractivity contribution in [2.75, 3.05) is 0 Å². The number of rotatable bonds is 0. The van der Waals surface area contributed by atoms with Gasteiger partial charge < -0.3 is 0 Å². The van der Waals surface area contributed by atoms with E-state index in [1.807, 2.05) is 0 Å². The van der Waals surface area contributed by atoms with E-state index in [4.69, 9.17) is 11.6 Å². The van der Waals surface area contributed by atoms with Crippen molar-refractivity contribution in [1.82, 2.24) is 0 Å². The molecule has 0 spiro atoms. The summed E-state index contributed by atoms with van der Waals surface area (Å²) in [5.41, 5.74) is 0. The quantitative estimate of drug-likeness (QED) is 0.490. The Morgan fingerprint density at radius 2 is 1.22 bits per heavy atom. The summed E-state index contributed by atoms with van der Waals surface area (Å²) >= 11 is 5.91. The minimum absolute atomic E-state index is 1.17. The van der Waals surface area contributed by atoms with Gasteiger partial charge in [0.05, 0.1) is 5.38 Å². The Hall–Kier alpha value is 0.290. The molecule has 0 nitrogen and oxygen atoms in total. The predicted molar refractivity (Wildman–Crippen MR) is 41.4 cm³/mol. The molecule has 0 atom stereocenters. The van der Waals surface area contributed by atoms with Crippen LogP contribution in [-0.2, 0) is 0 Å². The fourth-order valence-corrected chi connectivity index (χ4v) is 1.56. The van der Waals surface area contributed by atoms with Gasteiger partial charge in [0, 0.05) is 0 Å². The Morgan fingerprint density at radius 1 is 0.778 bits per heavy atom. The zero-order chi connectivity index (χ0) is 6.53. The van der Waals surface area contributed by atoms with E-state index in [1.165, 1.54) is 50.3 Å². The normalized spacial score (nSPS) is 25.0. The maximum atomic E-state index is 5.91. The molecule has 0 aromatic heterocycles. The van der Waals surface area contributed by atoms with Gasteiger partial charge in [-0.25, -0.2) is 0 Å². The second-order valence-electron chi connectivity index (χ2n) is 2.79. The summed E-state index contributed by atoms with van der Waals surface area (Å²) in [5.74, 6) is 0. The molecule has 9 heavy (non-hydrogen) atoms. The number of hydrogen-bond donors (Lipinski definition) is 0. The first-order valence-corrected chi connectivity index (χ1v) is 4.27. The summed E-state index contributed by atoms with van der Waals surface area (Å²) in [6.45, 7) is 0. The molecule has 1 saturated carbocycles. The van der Waals surface area contributed by atoms with Crippen molar-refractivity contribution in [2.24, 2.45) is 0 Å². The minimum Gasteiger partial charge on any atom is -0.117 e. The highest BCUT2D eigenvalue weighted by atomic mass is 35.5. The molecular weight excluding hydrogens is 132 g/mol. The van der Waals surface area contributed by atoms with Crippen LogP contribution in [0.2, 0.25) is 0 Å². The average Bonchev–Trinajstić information content (AvgIpc) is 1.79. The van der Waals surface area contributed by atoms with Crippen molar-refractivity contribution in [3.05, 3.63) is 5.38 Å². The lowest BCUT2D eigenvalue weighted by atomic mass is 10.0. The molecule has 1 heteroatoms. The van der Waals surface area contributed by atoms with E-state index in [1.54, 1.807) is 0 Å². The molecule has 0 heterocycles. The zero-order valence-electron chi connectivity index (χ0n) is 5.83. The topological polar surface area (TPSA) is 0 Å². The van der Waals surface area contributed by atoms with E-state index >= 15 is 0 Å². The standard InChI is InChI=1S/C8H14Cl/c9-8-6-4-2-1-3-5-7-8/h1-7H2. The maximum Gasteiger partial charge on any atom is 0.0637 e. The van der Waals surface area contributed by atoms with E-state index in [-0.39, 0.29) is 0 Å². The van der Waals surface area contributed by atoms with E-state index in [0.717, 1.165) is 0 Å². The van der Waals surface area contributed by atoms with Crippen molar-refractivity contribution < 1.29 is 0 Å². The molecule has 53 valence electrons. The van der Waals surface area contributed by atoms with E-state index in [9.17, 15) is 0 Å². The molecule has 0 unspecified atom stereocenters. The van der Waals surface area contributed by atoms with Crippen LogP contribution in [0.25, 0.3) is 0 Å². The third-order valence-electron chi connectivity index (χ3n) is 1.90. The van der Waals surface area contributed by atoms with Crippen LogP contribution < -0.4 is 0 Å². The van der Waals surface area contributed by atoms with Gasteiger partial charge in [-0.1, -0.05) is 32.1 Å². The first-order valence-electron chi connectivity index (χ1n) is 3.90. The smallest absolute Gasteiger partial charge is 0.0637 e. The van der Waals surface area contributed by atoms with Crippen LogP contribution >= 0.6 is 11.6 Å². The number of hydrogen-bond acceptors (Lipinski definition) is 0. The molecule has 1 rings (SSSR count). The second-order valence-corrected chi connectivity index (χ2v) is 3.32. The van der Waals surface area contributed by atoms with Crippen molar-refractivity contribution in [3.8, 4) is 0 Å². The van der Waals surface area contributed by atoms with Gasteiger partial charge in [-0.2, -0.15) is 0 Å². The van der Waals surface area contributed by atoms with Crippen LogP contribution in [0.1, 0.15) is 44.9 Å². The van der Waals surface area contributed by atoms with Gasteiger partial charge in [-0.05, 0) is 12.8 Å². The van der Waals surface area contributed by atoms with Crippen molar-refractivity contribution in [3.63, 3.8) is 0 Å². The zero-order valence-corrected chi connectivity index (χ0v) is 6.58. The predicted octanol–water partition coefficient (Wildman–Crippen LogP) is 3.50. The van der Waals surface area contributed by atoms with Gasteiger partial charge >= 0.3 is 0 Å². The highest BCUT2D eigenvalue weighted by Gasteiger charge is 2.07. The Labute approximate surface area is 62.6 Å². The van der Waals surface area contributed by atoms with Gasteiger partial charge in [0.2, 0.25) is 0 Å². The fraction of sp³-hybridized carbons (Fsp3) is 0.875. The largest absolute Gasteiger partial charge is 0.117 e. The fourth-order valence-electron chi connectivity index (χ4n) is 1.29. The molecule has 1 radical (unpaired) electrons. The molecule has 0 bridgehead atoms. The van der Waals surface area contributed by atoms with Gasteiger partial charge in [0.15, 0.2) is 0 Å². The molecule has 0 saturated heterocycles. The lowest BCUT2D eigenvalue weighted by Crippen LogP contribution is -1.93. The SMILES string of the molecule is Cl[C]1CCCCCCC1. The number of halogens is 1. The third-order valence-corrected chi connectivity index (χ3v) is 2.27. The monoisotopic (exact) mass is 145 g/mol. The van der Waals surface area contributed by atoms with Crippen molar-refractivity contribution in [1.29, 1.82) is 0 Å². The van der Waals surface area contributed by atoms with Crippen molar-refractivity contribution >= 4 is 11.6 Å². The van der Waals surface area contributed by atoms with Crippen LogP contribution in [-0.4, -0.2) is 0 Å². The molecule has 0 amide bonds. The molecule has 0 N–H and O–H groups in total. The van der Waals surface area contributed by atoms with Crippen LogP contribution in [0.5, 0.6) is 0 Å². The molecule has 1 fully saturated rings. The van der Waals surface area contributed by atoms with Crippen LogP contribution in [0.15, 0.2) is 0 Å². The van der Waals surface area contributed by atoms with E-state index in [2.05, 4.69) is 0 Å². The lowest BCUT2D eigenvalue weighted by Gasteiger charge is -2.11. The van der Waals surface area contributed by atoms with Crippen LogP contribution in [0, 0.1) is 5.38 Å². The maximum absolute atomic E-state index is 5.91. The highest BCUT2D eigenvalue weighted by molar-refractivity contribution is 6.26. The van der Waals surface area contributed by atoms with Gasteiger partial charge in [-0.15, -0.1) is 11.6 Å². The molecule has 1 aliphatic rings.